The van der Waals surface area contributed by atoms with E-state index in [0.717, 1.165) is 11.3 Å². The van der Waals surface area contributed by atoms with Gasteiger partial charge in [-0.15, -0.1) is 0 Å². The second kappa shape index (κ2) is 7.12. The van der Waals surface area contributed by atoms with Crippen LogP contribution in [0.25, 0.3) is 0 Å². The quantitative estimate of drug-likeness (QED) is 0.764. The Labute approximate surface area is 131 Å². The standard InChI is InChI=1S/C19H22O3/c1-19(2,3)14-22-17-11-9-16(10-12-17)18(20)21-13-15-7-5-4-6-8-15/h4-12H,13-14H2,1-3H3. The van der Waals surface area contributed by atoms with Crippen molar-refractivity contribution in [1.82, 2.24) is 0 Å². The Hall–Kier alpha value is -2.29. The maximum Gasteiger partial charge on any atom is 0.338 e. The largest absolute Gasteiger partial charge is 0.493 e. The summed E-state index contributed by atoms with van der Waals surface area (Å²) in [6.07, 6.45) is 0. The molecule has 0 aliphatic carbocycles. The van der Waals surface area contributed by atoms with E-state index >= 15 is 0 Å². The Bertz CT molecular complexity index is 595. The van der Waals surface area contributed by atoms with E-state index in [1.165, 1.54) is 0 Å². The van der Waals surface area contributed by atoms with Gasteiger partial charge in [0.2, 0.25) is 0 Å². The van der Waals surface area contributed by atoms with E-state index in [1.807, 2.05) is 30.3 Å². The lowest BCUT2D eigenvalue weighted by Crippen LogP contribution is -2.16. The van der Waals surface area contributed by atoms with Crippen molar-refractivity contribution in [2.24, 2.45) is 5.41 Å². The number of hydrogen-bond donors (Lipinski definition) is 0. The molecule has 0 aromatic heterocycles. The number of esters is 1. The first-order chi connectivity index (χ1) is 10.4. The molecule has 0 unspecified atom stereocenters. The third-order valence-electron chi connectivity index (χ3n) is 2.97. The van der Waals surface area contributed by atoms with Gasteiger partial charge in [-0.1, -0.05) is 51.1 Å². The zero-order chi connectivity index (χ0) is 16.0. The van der Waals surface area contributed by atoms with Crippen LogP contribution in [0, 0.1) is 5.41 Å². The van der Waals surface area contributed by atoms with Crippen LogP contribution in [-0.2, 0) is 11.3 Å². The summed E-state index contributed by atoms with van der Waals surface area (Å²) >= 11 is 0. The summed E-state index contributed by atoms with van der Waals surface area (Å²) < 4.78 is 11.0. The summed E-state index contributed by atoms with van der Waals surface area (Å²) in [5.74, 6) is 0.431. The number of ether oxygens (including phenoxy) is 2. The van der Waals surface area contributed by atoms with Crippen molar-refractivity contribution in [1.29, 1.82) is 0 Å². The predicted octanol–water partition coefficient (Wildman–Crippen LogP) is 4.47. The molecule has 0 saturated carbocycles. The van der Waals surface area contributed by atoms with Crippen LogP contribution in [-0.4, -0.2) is 12.6 Å². The molecule has 22 heavy (non-hydrogen) atoms. The molecule has 2 aromatic carbocycles. The van der Waals surface area contributed by atoms with Gasteiger partial charge < -0.3 is 9.47 Å². The third-order valence-corrected chi connectivity index (χ3v) is 2.97. The molecule has 2 rings (SSSR count). The van der Waals surface area contributed by atoms with E-state index in [2.05, 4.69) is 20.8 Å². The van der Waals surface area contributed by atoms with Crippen LogP contribution >= 0.6 is 0 Å². The van der Waals surface area contributed by atoms with Gasteiger partial charge in [0, 0.05) is 0 Å². The fraction of sp³-hybridized carbons (Fsp3) is 0.316. The van der Waals surface area contributed by atoms with Crippen LogP contribution < -0.4 is 4.74 Å². The average molecular weight is 298 g/mol. The maximum absolute atomic E-state index is 12.0. The smallest absolute Gasteiger partial charge is 0.338 e. The molecule has 2 aromatic rings. The first-order valence-electron chi connectivity index (χ1n) is 7.38. The fourth-order valence-corrected chi connectivity index (χ4v) is 1.79. The summed E-state index contributed by atoms with van der Waals surface area (Å²) in [5.41, 5.74) is 1.60. The van der Waals surface area contributed by atoms with E-state index in [4.69, 9.17) is 9.47 Å². The van der Waals surface area contributed by atoms with Gasteiger partial charge in [-0.05, 0) is 35.2 Å². The van der Waals surface area contributed by atoms with Crippen molar-refractivity contribution in [2.75, 3.05) is 6.61 Å². The van der Waals surface area contributed by atoms with Crippen molar-refractivity contribution in [3.05, 3.63) is 65.7 Å². The zero-order valence-corrected chi connectivity index (χ0v) is 13.3. The molecule has 0 amide bonds. The van der Waals surface area contributed by atoms with E-state index in [9.17, 15) is 4.79 Å². The van der Waals surface area contributed by atoms with Crippen molar-refractivity contribution in [2.45, 2.75) is 27.4 Å². The first kappa shape index (κ1) is 16.1. The molecule has 0 aliphatic heterocycles. The third kappa shape index (κ3) is 5.24. The molecule has 3 nitrogen and oxygen atoms in total. The lowest BCUT2D eigenvalue weighted by atomic mass is 9.99. The Kier molecular flexibility index (Phi) is 5.21. The Morgan fingerprint density at radius 3 is 2.18 bits per heavy atom. The summed E-state index contributed by atoms with van der Waals surface area (Å²) in [5, 5.41) is 0. The molecule has 0 aliphatic rings. The molecule has 0 radical (unpaired) electrons. The van der Waals surface area contributed by atoms with Crippen LogP contribution in [0.1, 0.15) is 36.7 Å². The monoisotopic (exact) mass is 298 g/mol. The molecule has 0 saturated heterocycles. The second-order valence-electron chi connectivity index (χ2n) is 6.44. The Balaban J connectivity index is 1.88. The molecule has 0 bridgehead atoms. The number of carbonyl (C=O) groups excluding carboxylic acids is 1. The lowest BCUT2D eigenvalue weighted by molar-refractivity contribution is 0.0472. The van der Waals surface area contributed by atoms with Gasteiger partial charge in [0.25, 0.3) is 0 Å². The second-order valence-corrected chi connectivity index (χ2v) is 6.44. The van der Waals surface area contributed by atoms with E-state index in [0.29, 0.717) is 12.2 Å². The van der Waals surface area contributed by atoms with Crippen LogP contribution in [0.2, 0.25) is 0 Å². The highest BCUT2D eigenvalue weighted by Crippen LogP contribution is 2.18. The van der Waals surface area contributed by atoms with Crippen molar-refractivity contribution < 1.29 is 14.3 Å². The minimum Gasteiger partial charge on any atom is -0.493 e. The summed E-state index contributed by atoms with van der Waals surface area (Å²) in [6.45, 7) is 7.25. The molecule has 116 valence electrons. The summed E-state index contributed by atoms with van der Waals surface area (Å²) in [7, 11) is 0. The SMILES string of the molecule is CC(C)(C)COc1ccc(C(=O)OCc2ccccc2)cc1. The van der Waals surface area contributed by atoms with E-state index < -0.39 is 0 Å². The normalized spacial score (nSPS) is 11.0. The minimum atomic E-state index is -0.328. The van der Waals surface area contributed by atoms with Gasteiger partial charge in [0.15, 0.2) is 0 Å². The minimum absolute atomic E-state index is 0.104. The van der Waals surface area contributed by atoms with Crippen LogP contribution in [0.3, 0.4) is 0 Å². The summed E-state index contributed by atoms with van der Waals surface area (Å²) in [4.78, 5) is 12.0. The summed E-state index contributed by atoms with van der Waals surface area (Å²) in [6, 6.07) is 16.7. The van der Waals surface area contributed by atoms with E-state index in [1.54, 1.807) is 24.3 Å². The molecular formula is C19H22O3. The Morgan fingerprint density at radius 1 is 0.955 bits per heavy atom. The van der Waals surface area contributed by atoms with E-state index in [-0.39, 0.29) is 18.0 Å². The predicted molar refractivity (Wildman–Crippen MR) is 87.0 cm³/mol. The van der Waals surface area contributed by atoms with Gasteiger partial charge in [-0.2, -0.15) is 0 Å². The lowest BCUT2D eigenvalue weighted by Gasteiger charge is -2.18. The van der Waals surface area contributed by atoms with Crippen molar-refractivity contribution >= 4 is 5.97 Å². The molecule has 0 N–H and O–H groups in total. The van der Waals surface area contributed by atoms with Crippen molar-refractivity contribution in [3.63, 3.8) is 0 Å². The highest BCUT2D eigenvalue weighted by molar-refractivity contribution is 5.89. The topological polar surface area (TPSA) is 35.5 Å². The first-order valence-corrected chi connectivity index (χ1v) is 7.38. The molecule has 3 heteroatoms. The average Bonchev–Trinajstić information content (AvgIpc) is 2.51. The van der Waals surface area contributed by atoms with Crippen LogP contribution in [0.4, 0.5) is 0 Å². The molecule has 0 heterocycles. The Morgan fingerprint density at radius 2 is 1.59 bits per heavy atom. The van der Waals surface area contributed by atoms with Crippen molar-refractivity contribution in [3.8, 4) is 5.75 Å². The number of benzene rings is 2. The zero-order valence-electron chi connectivity index (χ0n) is 13.3. The molecule has 0 spiro atoms. The van der Waals surface area contributed by atoms with Gasteiger partial charge in [0.1, 0.15) is 12.4 Å². The molecular weight excluding hydrogens is 276 g/mol. The number of rotatable bonds is 5. The van der Waals surface area contributed by atoms with Gasteiger partial charge >= 0.3 is 5.97 Å². The maximum atomic E-state index is 12.0. The van der Waals surface area contributed by atoms with Crippen LogP contribution in [0.15, 0.2) is 54.6 Å². The number of hydrogen-bond acceptors (Lipinski definition) is 3. The van der Waals surface area contributed by atoms with Crippen LogP contribution in [0.5, 0.6) is 5.75 Å². The highest BCUT2D eigenvalue weighted by atomic mass is 16.5. The van der Waals surface area contributed by atoms with Gasteiger partial charge in [-0.25, -0.2) is 4.79 Å². The molecule has 0 fully saturated rings. The molecule has 0 atom stereocenters. The highest BCUT2D eigenvalue weighted by Gasteiger charge is 2.12. The van der Waals surface area contributed by atoms with Gasteiger partial charge in [0.05, 0.1) is 12.2 Å². The fourth-order valence-electron chi connectivity index (χ4n) is 1.79. The number of carbonyl (C=O) groups is 1. The van der Waals surface area contributed by atoms with Gasteiger partial charge in [-0.3, -0.25) is 0 Å².